The predicted octanol–water partition coefficient (Wildman–Crippen LogP) is 14.6. The molecule has 0 amide bonds. The van der Waals surface area contributed by atoms with Crippen molar-refractivity contribution in [2.24, 2.45) is 0 Å². The maximum Gasteiger partial charge on any atom is 0.0736 e. The van der Waals surface area contributed by atoms with Gasteiger partial charge in [-0.3, -0.25) is 0 Å². The van der Waals surface area contributed by atoms with E-state index in [1.165, 1.54) is 87.2 Å². The van der Waals surface area contributed by atoms with Crippen molar-refractivity contribution < 1.29 is 0 Å². The summed E-state index contributed by atoms with van der Waals surface area (Å²) in [5, 5.41) is 2.52. The Morgan fingerprint density at radius 2 is 1.00 bits per heavy atom. The van der Waals surface area contributed by atoms with Crippen LogP contribution in [0.5, 0.6) is 0 Å². The second kappa shape index (κ2) is 12.3. The van der Waals surface area contributed by atoms with Crippen molar-refractivity contribution in [1.29, 1.82) is 0 Å². The van der Waals surface area contributed by atoms with E-state index in [2.05, 4.69) is 213 Å². The van der Waals surface area contributed by atoms with Gasteiger partial charge >= 0.3 is 0 Å². The van der Waals surface area contributed by atoms with Crippen LogP contribution in [-0.2, 0) is 10.8 Å². The van der Waals surface area contributed by atoms with Crippen LogP contribution in [0.25, 0.3) is 72.3 Å². The zero-order valence-electron chi connectivity index (χ0n) is 33.3. The fourth-order valence-corrected chi connectivity index (χ4v) is 12.5. The first-order chi connectivity index (χ1) is 29.5. The van der Waals surface area contributed by atoms with E-state index in [4.69, 9.17) is 4.98 Å². The smallest absolute Gasteiger partial charge is 0.0736 e. The summed E-state index contributed by atoms with van der Waals surface area (Å²) in [5.41, 5.74) is 20.3. The quantitative estimate of drug-likeness (QED) is 0.178. The number of rotatable bonds is 3. The lowest BCUT2D eigenvalue weighted by Crippen LogP contribution is -2.25. The van der Waals surface area contributed by atoms with Gasteiger partial charge in [-0.25, -0.2) is 4.98 Å². The molecular weight excluding hydrogens is 745 g/mol. The van der Waals surface area contributed by atoms with Gasteiger partial charge in [0.25, 0.3) is 0 Å². The molecule has 0 saturated heterocycles. The number of aromatic nitrogens is 2. The fourth-order valence-electron chi connectivity index (χ4n) is 11.1. The Labute approximate surface area is 353 Å². The Hall–Kier alpha value is -6.94. The SMILES string of the molecule is CC1(C)c2ccccc2Sc2cc3c(cc21)c1ccccc1n3-c1cc(-c2ccccc2)nc(-c2cccc3c2-c2ccccc2C32c3ccccc3-c3ccccc32)c1. The number of benzene rings is 8. The van der Waals surface area contributed by atoms with E-state index in [1.807, 2.05) is 11.8 Å². The van der Waals surface area contributed by atoms with Crippen molar-refractivity contribution >= 4 is 33.6 Å². The van der Waals surface area contributed by atoms with Crippen molar-refractivity contribution in [2.75, 3.05) is 0 Å². The van der Waals surface area contributed by atoms with Crippen molar-refractivity contribution in [3.63, 3.8) is 0 Å². The average molecular weight is 783 g/mol. The summed E-state index contributed by atoms with van der Waals surface area (Å²) >= 11 is 1.89. The molecule has 10 aromatic rings. The van der Waals surface area contributed by atoms with E-state index in [1.54, 1.807) is 0 Å². The summed E-state index contributed by atoms with van der Waals surface area (Å²) in [4.78, 5) is 8.24. The van der Waals surface area contributed by atoms with Crippen molar-refractivity contribution in [2.45, 2.75) is 34.5 Å². The van der Waals surface area contributed by atoms with Crippen LogP contribution in [0.1, 0.15) is 47.2 Å². The van der Waals surface area contributed by atoms with Crippen molar-refractivity contribution in [3.8, 4) is 50.5 Å². The van der Waals surface area contributed by atoms with Crippen LogP contribution < -0.4 is 0 Å². The van der Waals surface area contributed by atoms with Crippen molar-refractivity contribution in [3.05, 3.63) is 228 Å². The molecule has 2 aromatic heterocycles. The van der Waals surface area contributed by atoms with Crippen LogP contribution in [-0.4, -0.2) is 9.55 Å². The highest BCUT2D eigenvalue weighted by atomic mass is 32.2. The summed E-state index contributed by atoms with van der Waals surface area (Å²) in [5.74, 6) is 0. The molecule has 2 nitrogen and oxygen atoms in total. The number of nitrogens with zero attached hydrogens (tertiary/aromatic N) is 2. The highest BCUT2D eigenvalue weighted by Gasteiger charge is 2.52. The third-order valence-corrected chi connectivity index (χ3v) is 14.8. The van der Waals surface area contributed by atoms with Crippen LogP contribution in [0.15, 0.2) is 204 Å². The number of hydrogen-bond acceptors (Lipinski definition) is 2. The molecule has 0 bridgehead atoms. The van der Waals surface area contributed by atoms with E-state index in [0.717, 1.165) is 28.2 Å². The first-order valence-electron chi connectivity index (χ1n) is 20.9. The summed E-state index contributed by atoms with van der Waals surface area (Å²) in [7, 11) is 0. The normalized spacial score (nSPS) is 14.7. The molecule has 0 unspecified atom stereocenters. The molecule has 8 aromatic carbocycles. The number of para-hydroxylation sites is 1. The van der Waals surface area contributed by atoms with Gasteiger partial charge in [-0.2, -0.15) is 0 Å². The molecule has 13 rings (SSSR count). The topological polar surface area (TPSA) is 17.8 Å². The summed E-state index contributed by atoms with van der Waals surface area (Å²) in [6.45, 7) is 4.75. The Morgan fingerprint density at radius 3 is 1.77 bits per heavy atom. The maximum absolute atomic E-state index is 5.59. The molecule has 0 fully saturated rings. The van der Waals surface area contributed by atoms with E-state index in [-0.39, 0.29) is 5.41 Å². The third kappa shape index (κ3) is 4.42. The number of pyridine rings is 1. The van der Waals surface area contributed by atoms with Gasteiger partial charge in [0.1, 0.15) is 0 Å². The fraction of sp³-hybridized carbons (Fsp3) is 0.0702. The molecule has 3 heterocycles. The Kier molecular flexibility index (Phi) is 6.96. The molecule has 282 valence electrons. The first-order valence-corrected chi connectivity index (χ1v) is 21.7. The molecule has 0 radical (unpaired) electrons. The second-order valence-corrected chi connectivity index (χ2v) is 18.1. The number of fused-ring (bicyclic) bond motifs is 15. The minimum Gasteiger partial charge on any atom is -0.309 e. The molecule has 60 heavy (non-hydrogen) atoms. The molecule has 3 aliphatic rings. The molecule has 2 aliphatic carbocycles. The van der Waals surface area contributed by atoms with Crippen LogP contribution in [0.3, 0.4) is 0 Å². The third-order valence-electron chi connectivity index (χ3n) is 13.7. The second-order valence-electron chi connectivity index (χ2n) is 17.0. The Bertz CT molecular complexity index is 3400. The van der Waals surface area contributed by atoms with Crippen molar-refractivity contribution in [1.82, 2.24) is 9.55 Å². The molecule has 1 aliphatic heterocycles. The first kappa shape index (κ1) is 34.0. The van der Waals surface area contributed by atoms with Crippen LogP contribution in [0, 0.1) is 0 Å². The lowest BCUT2D eigenvalue weighted by molar-refractivity contribution is 0.608. The molecule has 0 N–H and O–H groups in total. The molecular formula is C57H38N2S. The van der Waals surface area contributed by atoms with Gasteiger partial charge in [-0.05, 0) is 92.0 Å². The van der Waals surface area contributed by atoms with Crippen LogP contribution in [0.2, 0.25) is 0 Å². The minimum atomic E-state index is -0.426. The zero-order chi connectivity index (χ0) is 39.7. The zero-order valence-corrected chi connectivity index (χ0v) is 34.1. The molecule has 1 spiro atoms. The largest absolute Gasteiger partial charge is 0.309 e. The highest BCUT2D eigenvalue weighted by Crippen LogP contribution is 2.64. The lowest BCUT2D eigenvalue weighted by Gasteiger charge is -2.34. The van der Waals surface area contributed by atoms with E-state index < -0.39 is 5.41 Å². The lowest BCUT2D eigenvalue weighted by atomic mass is 9.70. The van der Waals surface area contributed by atoms with E-state index >= 15 is 0 Å². The van der Waals surface area contributed by atoms with Gasteiger partial charge in [0.15, 0.2) is 0 Å². The Morgan fingerprint density at radius 1 is 0.417 bits per heavy atom. The number of hydrogen-bond donors (Lipinski definition) is 0. The van der Waals surface area contributed by atoms with Gasteiger partial charge in [0.2, 0.25) is 0 Å². The highest BCUT2D eigenvalue weighted by molar-refractivity contribution is 7.99. The standard InChI is InChI=1S/C57H38N2S/c1-56(2)46-27-13-15-30-53(46)60-54-34-52-42(33-48(54)56)39-21-9-14-29-51(39)59(52)36-31-49(35-17-4-3-5-18-35)58-50(32-36)41-23-16-28-47-55(41)40-22-8-12-26-45(40)57(47)43-24-10-6-19-37(43)38-20-7-11-25-44(38)57/h3-34H,1-2H3. The Balaban J connectivity index is 1.10. The summed E-state index contributed by atoms with van der Waals surface area (Å²) < 4.78 is 2.48. The van der Waals surface area contributed by atoms with Crippen LogP contribution in [0.4, 0.5) is 0 Å². The summed E-state index contributed by atoms with van der Waals surface area (Å²) in [6.07, 6.45) is 0. The maximum atomic E-state index is 5.59. The summed E-state index contributed by atoms with van der Waals surface area (Å²) in [6, 6.07) is 72.1. The molecule has 0 atom stereocenters. The van der Waals surface area contributed by atoms with Gasteiger partial charge in [0.05, 0.1) is 33.5 Å². The van der Waals surface area contributed by atoms with E-state index in [9.17, 15) is 0 Å². The van der Waals surface area contributed by atoms with Gasteiger partial charge in [0, 0.05) is 37.1 Å². The van der Waals surface area contributed by atoms with Gasteiger partial charge < -0.3 is 4.57 Å². The van der Waals surface area contributed by atoms with Crippen LogP contribution >= 0.6 is 11.8 Å². The average Bonchev–Trinajstić information content (AvgIpc) is 3.90. The van der Waals surface area contributed by atoms with Gasteiger partial charge in [-0.15, -0.1) is 0 Å². The van der Waals surface area contributed by atoms with Gasteiger partial charge in [-0.1, -0.05) is 183 Å². The minimum absolute atomic E-state index is 0.124. The molecule has 3 heteroatoms. The monoisotopic (exact) mass is 782 g/mol. The van der Waals surface area contributed by atoms with E-state index in [0.29, 0.717) is 0 Å². The molecule has 0 saturated carbocycles. The predicted molar refractivity (Wildman–Crippen MR) is 248 cm³/mol.